The Morgan fingerprint density at radius 3 is 2.31 bits per heavy atom. The maximum atomic E-state index is 12.4. The van der Waals surface area contributed by atoms with Gasteiger partial charge in [-0.3, -0.25) is 9.69 Å². The number of carbonyl (C=O) groups is 2. The largest absolute Gasteiger partial charge is 0.465 e. The zero-order valence-corrected chi connectivity index (χ0v) is 15.0. The van der Waals surface area contributed by atoms with Gasteiger partial charge in [0.05, 0.1) is 12.7 Å². The van der Waals surface area contributed by atoms with Crippen LogP contribution in [0, 0.1) is 5.92 Å². The van der Waals surface area contributed by atoms with Crippen molar-refractivity contribution in [3.63, 3.8) is 0 Å². The van der Waals surface area contributed by atoms with E-state index in [2.05, 4.69) is 10.2 Å². The molecule has 1 fully saturated rings. The van der Waals surface area contributed by atoms with Crippen molar-refractivity contribution in [1.29, 1.82) is 0 Å². The van der Waals surface area contributed by atoms with Crippen LogP contribution in [0.3, 0.4) is 0 Å². The molecule has 1 amide bonds. The summed E-state index contributed by atoms with van der Waals surface area (Å²) in [6.07, 6.45) is 1.72. The number of anilines is 1. The molecule has 2 aromatic carbocycles. The van der Waals surface area contributed by atoms with Crippen LogP contribution in [0.15, 0.2) is 54.6 Å². The van der Waals surface area contributed by atoms with E-state index in [4.69, 9.17) is 4.74 Å². The van der Waals surface area contributed by atoms with Crippen LogP contribution in [-0.4, -0.2) is 37.0 Å². The standard InChI is InChI=1S/C21H24N2O3/c1-26-21(25)18-9-7-16(8-10-18)15-23-13-11-17(12-14-23)20(24)22-19-5-3-2-4-6-19/h2-10,17H,11-15H2,1H3,(H,22,24). The van der Waals surface area contributed by atoms with Crippen molar-refractivity contribution in [2.24, 2.45) is 5.92 Å². The van der Waals surface area contributed by atoms with E-state index >= 15 is 0 Å². The first-order chi connectivity index (χ1) is 12.7. The average molecular weight is 352 g/mol. The number of methoxy groups -OCH3 is 1. The van der Waals surface area contributed by atoms with Gasteiger partial charge >= 0.3 is 5.97 Å². The highest BCUT2D eigenvalue weighted by Gasteiger charge is 2.25. The number of hydrogen-bond acceptors (Lipinski definition) is 4. The number of benzene rings is 2. The number of likely N-dealkylation sites (tertiary alicyclic amines) is 1. The van der Waals surface area contributed by atoms with Crippen LogP contribution >= 0.6 is 0 Å². The normalized spacial score (nSPS) is 15.4. The van der Waals surface area contributed by atoms with Gasteiger partial charge in [0.1, 0.15) is 0 Å². The van der Waals surface area contributed by atoms with Crippen molar-refractivity contribution in [3.05, 3.63) is 65.7 Å². The number of rotatable bonds is 5. The summed E-state index contributed by atoms with van der Waals surface area (Å²) in [5, 5.41) is 3.00. The molecular formula is C21H24N2O3. The Bertz CT molecular complexity index is 736. The van der Waals surface area contributed by atoms with Crippen molar-refractivity contribution in [3.8, 4) is 0 Å². The van der Waals surface area contributed by atoms with Crippen molar-refractivity contribution in [2.75, 3.05) is 25.5 Å². The van der Waals surface area contributed by atoms with E-state index in [0.29, 0.717) is 5.56 Å². The Hall–Kier alpha value is -2.66. The molecule has 0 spiro atoms. The molecule has 5 nitrogen and oxygen atoms in total. The van der Waals surface area contributed by atoms with E-state index < -0.39 is 0 Å². The summed E-state index contributed by atoms with van der Waals surface area (Å²) in [5.74, 6) is -0.145. The number of nitrogens with one attached hydrogen (secondary N) is 1. The summed E-state index contributed by atoms with van der Waals surface area (Å²) in [7, 11) is 1.38. The number of nitrogens with zero attached hydrogens (tertiary/aromatic N) is 1. The van der Waals surface area contributed by atoms with Gasteiger partial charge in [0.15, 0.2) is 0 Å². The molecule has 2 aromatic rings. The van der Waals surface area contributed by atoms with Crippen LogP contribution in [-0.2, 0) is 16.1 Å². The second-order valence-electron chi connectivity index (χ2n) is 6.59. The minimum Gasteiger partial charge on any atom is -0.465 e. The number of hydrogen-bond donors (Lipinski definition) is 1. The summed E-state index contributed by atoms with van der Waals surface area (Å²) >= 11 is 0. The third-order valence-corrected chi connectivity index (χ3v) is 4.78. The van der Waals surface area contributed by atoms with Gasteiger partial charge < -0.3 is 10.1 Å². The Morgan fingerprint density at radius 1 is 1.04 bits per heavy atom. The molecule has 1 N–H and O–H groups in total. The first-order valence-electron chi connectivity index (χ1n) is 8.91. The van der Waals surface area contributed by atoms with E-state index in [-0.39, 0.29) is 17.8 Å². The molecule has 0 bridgehead atoms. The molecule has 1 heterocycles. The maximum absolute atomic E-state index is 12.4. The highest BCUT2D eigenvalue weighted by atomic mass is 16.5. The van der Waals surface area contributed by atoms with E-state index in [1.807, 2.05) is 42.5 Å². The Morgan fingerprint density at radius 2 is 1.69 bits per heavy atom. The Kier molecular flexibility index (Phi) is 6.02. The molecule has 1 saturated heterocycles. The molecule has 136 valence electrons. The first kappa shape index (κ1) is 18.1. The van der Waals surface area contributed by atoms with Gasteiger partial charge in [-0.25, -0.2) is 4.79 Å². The maximum Gasteiger partial charge on any atom is 0.337 e. The van der Waals surface area contributed by atoms with Gasteiger partial charge in [0.2, 0.25) is 5.91 Å². The summed E-state index contributed by atoms with van der Waals surface area (Å²) in [6, 6.07) is 17.1. The summed E-state index contributed by atoms with van der Waals surface area (Å²) < 4.78 is 4.72. The number of ether oxygens (including phenoxy) is 1. The molecule has 0 aliphatic carbocycles. The van der Waals surface area contributed by atoms with Gasteiger partial charge in [-0.2, -0.15) is 0 Å². The quantitative estimate of drug-likeness (QED) is 0.839. The van der Waals surface area contributed by atoms with Crippen LogP contribution < -0.4 is 5.32 Å². The Labute approximate surface area is 154 Å². The first-order valence-corrected chi connectivity index (χ1v) is 8.91. The van der Waals surface area contributed by atoms with E-state index in [1.54, 1.807) is 12.1 Å². The van der Waals surface area contributed by atoms with Crippen molar-refractivity contribution < 1.29 is 14.3 Å². The van der Waals surface area contributed by atoms with Crippen LogP contribution in [0.4, 0.5) is 5.69 Å². The summed E-state index contributed by atoms with van der Waals surface area (Å²) in [6.45, 7) is 2.62. The number of para-hydroxylation sites is 1. The second-order valence-corrected chi connectivity index (χ2v) is 6.59. The van der Waals surface area contributed by atoms with Gasteiger partial charge in [0, 0.05) is 18.2 Å². The van der Waals surface area contributed by atoms with E-state index in [0.717, 1.165) is 43.7 Å². The SMILES string of the molecule is COC(=O)c1ccc(CN2CCC(C(=O)Nc3ccccc3)CC2)cc1. The number of carbonyl (C=O) groups excluding carboxylic acids is 2. The van der Waals surface area contributed by atoms with Gasteiger partial charge in [-0.15, -0.1) is 0 Å². The molecule has 0 atom stereocenters. The van der Waals surface area contributed by atoms with Crippen molar-refractivity contribution in [2.45, 2.75) is 19.4 Å². The number of amides is 1. The fourth-order valence-corrected chi connectivity index (χ4v) is 3.24. The summed E-state index contributed by atoms with van der Waals surface area (Å²) in [5.41, 5.74) is 2.57. The van der Waals surface area contributed by atoms with Gasteiger partial charge in [-0.05, 0) is 55.8 Å². The summed E-state index contributed by atoms with van der Waals surface area (Å²) in [4.78, 5) is 26.2. The molecular weight excluding hydrogens is 328 g/mol. The zero-order chi connectivity index (χ0) is 18.4. The monoisotopic (exact) mass is 352 g/mol. The molecule has 5 heteroatoms. The van der Waals surface area contributed by atoms with Crippen LogP contribution in [0.25, 0.3) is 0 Å². The van der Waals surface area contributed by atoms with E-state index in [9.17, 15) is 9.59 Å². The molecule has 0 unspecified atom stereocenters. The smallest absolute Gasteiger partial charge is 0.337 e. The molecule has 26 heavy (non-hydrogen) atoms. The highest BCUT2D eigenvalue weighted by molar-refractivity contribution is 5.92. The molecule has 1 aliphatic heterocycles. The molecule has 0 aromatic heterocycles. The van der Waals surface area contributed by atoms with Gasteiger partial charge in [-0.1, -0.05) is 30.3 Å². The molecule has 3 rings (SSSR count). The predicted molar refractivity (Wildman–Crippen MR) is 101 cm³/mol. The van der Waals surface area contributed by atoms with Crippen LogP contribution in [0.2, 0.25) is 0 Å². The third kappa shape index (κ3) is 4.70. The number of esters is 1. The topological polar surface area (TPSA) is 58.6 Å². The van der Waals surface area contributed by atoms with E-state index in [1.165, 1.54) is 7.11 Å². The number of piperidine rings is 1. The zero-order valence-electron chi connectivity index (χ0n) is 15.0. The Balaban J connectivity index is 1.47. The van der Waals surface area contributed by atoms with Gasteiger partial charge in [0.25, 0.3) is 0 Å². The highest BCUT2D eigenvalue weighted by Crippen LogP contribution is 2.21. The lowest BCUT2D eigenvalue weighted by Crippen LogP contribution is -2.37. The molecule has 0 saturated carbocycles. The lowest BCUT2D eigenvalue weighted by Gasteiger charge is -2.31. The van der Waals surface area contributed by atoms with Crippen molar-refractivity contribution in [1.82, 2.24) is 4.90 Å². The minimum atomic E-state index is -0.318. The predicted octanol–water partition coefficient (Wildman–Crippen LogP) is 3.32. The van der Waals surface area contributed by atoms with Crippen molar-refractivity contribution >= 4 is 17.6 Å². The molecule has 1 aliphatic rings. The second kappa shape index (κ2) is 8.63. The fraction of sp³-hybridized carbons (Fsp3) is 0.333. The lowest BCUT2D eigenvalue weighted by molar-refractivity contribution is -0.121. The average Bonchev–Trinajstić information content (AvgIpc) is 2.69. The van der Waals surface area contributed by atoms with Crippen LogP contribution in [0.1, 0.15) is 28.8 Å². The fourth-order valence-electron chi connectivity index (χ4n) is 3.24. The third-order valence-electron chi connectivity index (χ3n) is 4.78. The lowest BCUT2D eigenvalue weighted by atomic mass is 9.95. The minimum absolute atomic E-state index is 0.0631. The molecule has 0 radical (unpaired) electrons. The van der Waals surface area contributed by atoms with Crippen LogP contribution in [0.5, 0.6) is 0 Å².